The number of carbonyl (C=O) groups is 1. The molecule has 1 saturated heterocycles. The summed E-state index contributed by atoms with van der Waals surface area (Å²) in [4.78, 5) is 14.7. The molecule has 0 radical (unpaired) electrons. The lowest BCUT2D eigenvalue weighted by Gasteiger charge is -2.33. The van der Waals surface area contributed by atoms with Crippen LogP contribution in [0.25, 0.3) is 11.1 Å². The smallest absolute Gasteiger partial charge is 0.226 e. The Bertz CT molecular complexity index is 906. The zero-order chi connectivity index (χ0) is 21.0. The molecule has 1 unspecified atom stereocenters. The molecule has 0 aliphatic carbocycles. The van der Waals surface area contributed by atoms with Gasteiger partial charge in [-0.2, -0.15) is 0 Å². The molecule has 29 heavy (non-hydrogen) atoms. The fourth-order valence-electron chi connectivity index (χ4n) is 4.15. The molecular formula is C24H28Cl2N2O. The molecular weight excluding hydrogens is 403 g/mol. The Kier molecular flexibility index (Phi) is 7.39. The Morgan fingerprint density at radius 2 is 2.07 bits per heavy atom. The summed E-state index contributed by atoms with van der Waals surface area (Å²) in [5.41, 5.74) is 11.0. The Morgan fingerprint density at radius 1 is 1.28 bits per heavy atom. The highest BCUT2D eigenvalue weighted by Gasteiger charge is 2.28. The van der Waals surface area contributed by atoms with Gasteiger partial charge < -0.3 is 10.6 Å². The Labute approximate surface area is 183 Å². The SMILES string of the molecule is C=CCc1c(Cl)c(-c2cccc(Cl)c2)cc(N2CCCCC2=O)c1C(CC)CN. The minimum absolute atomic E-state index is 0.126. The Morgan fingerprint density at radius 3 is 2.69 bits per heavy atom. The molecule has 5 heteroatoms. The van der Waals surface area contributed by atoms with Gasteiger partial charge in [0.15, 0.2) is 0 Å². The van der Waals surface area contributed by atoms with Gasteiger partial charge >= 0.3 is 0 Å². The molecule has 2 N–H and O–H groups in total. The third kappa shape index (κ3) is 4.53. The first-order valence-electron chi connectivity index (χ1n) is 10.2. The van der Waals surface area contributed by atoms with E-state index < -0.39 is 0 Å². The van der Waals surface area contributed by atoms with E-state index in [1.165, 1.54) is 0 Å². The summed E-state index contributed by atoms with van der Waals surface area (Å²) in [7, 11) is 0. The van der Waals surface area contributed by atoms with Crippen molar-refractivity contribution < 1.29 is 4.79 Å². The predicted molar refractivity (Wildman–Crippen MR) is 124 cm³/mol. The van der Waals surface area contributed by atoms with Gasteiger partial charge in [-0.15, -0.1) is 6.58 Å². The van der Waals surface area contributed by atoms with Gasteiger partial charge in [-0.05, 0) is 73.0 Å². The van der Waals surface area contributed by atoms with E-state index >= 15 is 0 Å². The summed E-state index contributed by atoms with van der Waals surface area (Å²) in [5.74, 6) is 0.286. The van der Waals surface area contributed by atoms with Gasteiger partial charge in [0.1, 0.15) is 0 Å². The molecule has 3 rings (SSSR count). The van der Waals surface area contributed by atoms with E-state index in [-0.39, 0.29) is 11.8 Å². The fraction of sp³-hybridized carbons (Fsp3) is 0.375. The number of amides is 1. The van der Waals surface area contributed by atoms with Crippen LogP contribution in [0.3, 0.4) is 0 Å². The molecule has 1 aliphatic rings. The number of anilines is 1. The van der Waals surface area contributed by atoms with Crippen LogP contribution in [-0.2, 0) is 11.2 Å². The van der Waals surface area contributed by atoms with Crippen LogP contribution >= 0.6 is 23.2 Å². The van der Waals surface area contributed by atoms with Crippen LogP contribution in [0.2, 0.25) is 10.0 Å². The molecule has 1 atom stereocenters. The third-order valence-corrected chi connectivity index (χ3v) is 6.33. The summed E-state index contributed by atoms with van der Waals surface area (Å²) >= 11 is 13.2. The van der Waals surface area contributed by atoms with E-state index in [9.17, 15) is 4.79 Å². The summed E-state index contributed by atoms with van der Waals surface area (Å²) in [6.45, 7) is 7.27. The Hall–Kier alpha value is -1.81. The van der Waals surface area contributed by atoms with Crippen LogP contribution in [0, 0.1) is 0 Å². The molecule has 1 aliphatic heterocycles. The van der Waals surface area contributed by atoms with Crippen molar-refractivity contribution in [3.8, 4) is 11.1 Å². The first-order chi connectivity index (χ1) is 14.0. The monoisotopic (exact) mass is 430 g/mol. The van der Waals surface area contributed by atoms with Gasteiger partial charge in [0.25, 0.3) is 0 Å². The summed E-state index contributed by atoms with van der Waals surface area (Å²) in [6.07, 6.45) is 5.86. The average Bonchev–Trinajstić information content (AvgIpc) is 2.72. The van der Waals surface area contributed by atoms with E-state index in [1.54, 1.807) is 0 Å². The van der Waals surface area contributed by atoms with Crippen LogP contribution in [-0.4, -0.2) is 19.0 Å². The molecule has 0 saturated carbocycles. The maximum absolute atomic E-state index is 12.8. The van der Waals surface area contributed by atoms with Crippen LogP contribution in [0.15, 0.2) is 43.0 Å². The van der Waals surface area contributed by atoms with Gasteiger partial charge in [0, 0.05) is 29.2 Å². The lowest BCUT2D eigenvalue weighted by atomic mass is 9.85. The molecule has 2 aromatic rings. The first-order valence-corrected chi connectivity index (χ1v) is 11.0. The number of rotatable bonds is 7. The van der Waals surface area contributed by atoms with Crippen molar-refractivity contribution in [3.63, 3.8) is 0 Å². The van der Waals surface area contributed by atoms with Gasteiger partial charge in [-0.3, -0.25) is 4.79 Å². The highest BCUT2D eigenvalue weighted by Crippen LogP contribution is 2.44. The number of allylic oxidation sites excluding steroid dienone is 1. The van der Waals surface area contributed by atoms with Crippen molar-refractivity contribution in [2.24, 2.45) is 5.73 Å². The average molecular weight is 431 g/mol. The number of benzene rings is 2. The van der Waals surface area contributed by atoms with Gasteiger partial charge in [0.05, 0.1) is 5.02 Å². The van der Waals surface area contributed by atoms with Gasteiger partial charge in [0.2, 0.25) is 5.91 Å². The lowest BCUT2D eigenvalue weighted by molar-refractivity contribution is -0.119. The van der Waals surface area contributed by atoms with Crippen LogP contribution < -0.4 is 10.6 Å². The van der Waals surface area contributed by atoms with E-state index in [0.717, 1.165) is 53.7 Å². The normalized spacial score (nSPS) is 15.4. The molecule has 1 amide bonds. The molecule has 1 fully saturated rings. The zero-order valence-electron chi connectivity index (χ0n) is 16.9. The number of halogens is 2. The molecule has 2 aromatic carbocycles. The largest absolute Gasteiger partial charge is 0.330 e. The topological polar surface area (TPSA) is 46.3 Å². The highest BCUT2D eigenvalue weighted by atomic mass is 35.5. The number of hydrogen-bond donors (Lipinski definition) is 1. The van der Waals surface area contributed by atoms with Crippen molar-refractivity contribution in [2.75, 3.05) is 18.0 Å². The van der Waals surface area contributed by atoms with Crippen molar-refractivity contribution in [3.05, 3.63) is 64.2 Å². The van der Waals surface area contributed by atoms with Crippen LogP contribution in [0.4, 0.5) is 5.69 Å². The Balaban J connectivity index is 2.32. The predicted octanol–water partition coefficient (Wildman–Crippen LogP) is 6.36. The number of nitrogens with zero attached hydrogens (tertiary/aromatic N) is 1. The zero-order valence-corrected chi connectivity index (χ0v) is 18.4. The maximum atomic E-state index is 12.8. The number of carbonyl (C=O) groups excluding carboxylic acids is 1. The van der Waals surface area contributed by atoms with Crippen molar-refractivity contribution in [2.45, 2.75) is 44.9 Å². The first kappa shape index (κ1) is 21.9. The van der Waals surface area contributed by atoms with Gasteiger partial charge in [-0.25, -0.2) is 0 Å². The minimum atomic E-state index is 0.126. The summed E-state index contributed by atoms with van der Waals surface area (Å²) < 4.78 is 0. The van der Waals surface area contributed by atoms with Crippen LogP contribution in [0.1, 0.15) is 49.7 Å². The highest BCUT2D eigenvalue weighted by molar-refractivity contribution is 6.35. The van der Waals surface area contributed by atoms with Crippen molar-refractivity contribution in [1.29, 1.82) is 0 Å². The molecule has 0 spiro atoms. The molecule has 154 valence electrons. The van der Waals surface area contributed by atoms with Gasteiger partial charge in [-0.1, -0.05) is 48.3 Å². The second-order valence-electron chi connectivity index (χ2n) is 7.50. The van der Waals surface area contributed by atoms with E-state index in [2.05, 4.69) is 19.6 Å². The number of nitrogens with two attached hydrogens (primary N) is 1. The summed E-state index contributed by atoms with van der Waals surface area (Å²) in [5, 5.41) is 1.33. The van der Waals surface area contributed by atoms with Crippen LogP contribution in [0.5, 0.6) is 0 Å². The second-order valence-corrected chi connectivity index (χ2v) is 8.31. The molecule has 0 bridgehead atoms. The van der Waals surface area contributed by atoms with E-state index in [0.29, 0.717) is 29.4 Å². The minimum Gasteiger partial charge on any atom is -0.330 e. The van der Waals surface area contributed by atoms with E-state index in [1.807, 2.05) is 35.2 Å². The quantitative estimate of drug-likeness (QED) is 0.519. The van der Waals surface area contributed by atoms with E-state index in [4.69, 9.17) is 28.9 Å². The third-order valence-electron chi connectivity index (χ3n) is 5.67. The second kappa shape index (κ2) is 9.80. The van der Waals surface area contributed by atoms with Crippen molar-refractivity contribution in [1.82, 2.24) is 0 Å². The number of hydrogen-bond acceptors (Lipinski definition) is 2. The standard InChI is InChI=1S/C24H28Cl2N2O/c1-3-8-19-23(16(4-2)15-27)21(28-12-6-5-11-22(28)29)14-20(24(19)26)17-9-7-10-18(25)13-17/h3,7,9-10,13-14,16H,1,4-6,8,11-12,15,27H2,2H3. The fourth-order valence-corrected chi connectivity index (χ4v) is 4.68. The molecule has 0 aromatic heterocycles. The molecule has 1 heterocycles. The lowest BCUT2D eigenvalue weighted by Crippen LogP contribution is -2.36. The molecule has 3 nitrogen and oxygen atoms in total. The summed E-state index contributed by atoms with van der Waals surface area (Å²) in [6, 6.07) is 9.70. The van der Waals surface area contributed by atoms with Crippen molar-refractivity contribution >= 4 is 34.8 Å². The number of piperidine rings is 1. The maximum Gasteiger partial charge on any atom is 0.226 e.